The first-order valence-corrected chi connectivity index (χ1v) is 11.4. The second kappa shape index (κ2) is 10.2. The van der Waals surface area contributed by atoms with Gasteiger partial charge in [0, 0.05) is 36.3 Å². The van der Waals surface area contributed by atoms with E-state index < -0.39 is 5.82 Å². The SMILES string of the molecule is CCNC(=O)Nc1nc2c(-c3ncccc3F)cc(-c3ccc(NCc4ccccn4)nc3)cc2[nH]1. The number of aromatic nitrogens is 5. The number of rotatable bonds is 7. The van der Waals surface area contributed by atoms with E-state index in [1.807, 2.05) is 49.4 Å². The first-order chi connectivity index (χ1) is 17.6. The molecule has 4 aromatic heterocycles. The van der Waals surface area contributed by atoms with Gasteiger partial charge in [0.05, 0.1) is 17.8 Å². The summed E-state index contributed by atoms with van der Waals surface area (Å²) in [6.07, 6.45) is 5.02. The number of nitrogens with zero attached hydrogens (tertiary/aromatic N) is 4. The van der Waals surface area contributed by atoms with Crippen LogP contribution in [0.5, 0.6) is 0 Å². The molecule has 0 aliphatic rings. The molecule has 4 N–H and O–H groups in total. The van der Waals surface area contributed by atoms with Crippen molar-refractivity contribution in [3.8, 4) is 22.4 Å². The van der Waals surface area contributed by atoms with Gasteiger partial charge in [0.2, 0.25) is 5.95 Å². The maximum absolute atomic E-state index is 14.7. The molecule has 5 aromatic rings. The predicted octanol–water partition coefficient (Wildman–Crippen LogP) is 4.97. The number of anilines is 2. The number of pyridine rings is 3. The topological polar surface area (TPSA) is 121 Å². The van der Waals surface area contributed by atoms with Crippen molar-refractivity contribution in [1.29, 1.82) is 0 Å². The average Bonchev–Trinajstić information content (AvgIpc) is 3.30. The van der Waals surface area contributed by atoms with Crippen LogP contribution in [-0.4, -0.2) is 37.5 Å². The zero-order valence-corrected chi connectivity index (χ0v) is 19.4. The lowest BCUT2D eigenvalue weighted by Crippen LogP contribution is -2.28. The van der Waals surface area contributed by atoms with Gasteiger partial charge in [-0.25, -0.2) is 19.2 Å². The second-order valence-electron chi connectivity index (χ2n) is 7.93. The summed E-state index contributed by atoms with van der Waals surface area (Å²) >= 11 is 0. The van der Waals surface area contributed by atoms with Gasteiger partial charge in [-0.1, -0.05) is 6.07 Å². The van der Waals surface area contributed by atoms with Crippen molar-refractivity contribution in [1.82, 2.24) is 30.2 Å². The number of benzene rings is 1. The number of H-pyrrole nitrogens is 1. The van der Waals surface area contributed by atoms with Crippen LogP contribution in [0.2, 0.25) is 0 Å². The lowest BCUT2D eigenvalue weighted by molar-refractivity contribution is 0.252. The van der Waals surface area contributed by atoms with E-state index in [4.69, 9.17) is 0 Å². The average molecular weight is 483 g/mol. The molecule has 0 bridgehead atoms. The molecule has 9 nitrogen and oxygen atoms in total. The van der Waals surface area contributed by atoms with Gasteiger partial charge in [0.1, 0.15) is 22.8 Å². The van der Waals surface area contributed by atoms with Crippen LogP contribution in [0.1, 0.15) is 12.6 Å². The van der Waals surface area contributed by atoms with E-state index in [2.05, 4.69) is 40.9 Å². The number of nitrogens with one attached hydrogen (secondary N) is 4. The number of fused-ring (bicyclic) bond motifs is 1. The first-order valence-electron chi connectivity index (χ1n) is 11.4. The fourth-order valence-corrected chi connectivity index (χ4v) is 3.77. The van der Waals surface area contributed by atoms with Gasteiger partial charge in [-0.2, -0.15) is 0 Å². The zero-order valence-electron chi connectivity index (χ0n) is 19.4. The van der Waals surface area contributed by atoms with Crippen LogP contribution in [0.3, 0.4) is 0 Å². The summed E-state index contributed by atoms with van der Waals surface area (Å²) in [5.41, 5.74) is 4.30. The van der Waals surface area contributed by atoms with Crippen molar-refractivity contribution >= 4 is 28.8 Å². The van der Waals surface area contributed by atoms with Crippen molar-refractivity contribution in [3.63, 3.8) is 0 Å². The molecular formula is C26H23FN8O. The molecule has 180 valence electrons. The monoisotopic (exact) mass is 482 g/mol. The highest BCUT2D eigenvalue weighted by Crippen LogP contribution is 2.34. The van der Waals surface area contributed by atoms with Crippen LogP contribution in [0.4, 0.5) is 21.0 Å². The second-order valence-corrected chi connectivity index (χ2v) is 7.93. The normalized spacial score (nSPS) is 10.8. The Labute approximate surface area is 206 Å². The highest BCUT2D eigenvalue weighted by molar-refractivity contribution is 5.98. The van der Waals surface area contributed by atoms with E-state index in [1.165, 1.54) is 18.3 Å². The molecule has 0 radical (unpaired) electrons. The van der Waals surface area contributed by atoms with Crippen LogP contribution in [0, 0.1) is 5.82 Å². The fraction of sp³-hybridized carbons (Fsp3) is 0.115. The lowest BCUT2D eigenvalue weighted by atomic mass is 10.0. The summed E-state index contributed by atoms with van der Waals surface area (Å²) < 4.78 is 14.7. The Kier molecular flexibility index (Phi) is 6.48. The predicted molar refractivity (Wildman–Crippen MR) is 137 cm³/mol. The zero-order chi connectivity index (χ0) is 24.9. The maximum Gasteiger partial charge on any atom is 0.321 e. The Balaban J connectivity index is 1.49. The van der Waals surface area contributed by atoms with Gasteiger partial charge >= 0.3 is 6.03 Å². The molecule has 0 aliphatic heterocycles. The Bertz CT molecular complexity index is 1500. The summed E-state index contributed by atoms with van der Waals surface area (Å²) in [7, 11) is 0. The minimum atomic E-state index is -0.468. The number of imidazole rings is 1. The van der Waals surface area contributed by atoms with E-state index in [0.717, 1.165) is 16.8 Å². The van der Waals surface area contributed by atoms with E-state index in [9.17, 15) is 9.18 Å². The molecule has 0 unspecified atom stereocenters. The molecule has 36 heavy (non-hydrogen) atoms. The molecule has 1 aromatic carbocycles. The Morgan fingerprint density at radius 3 is 2.64 bits per heavy atom. The molecule has 10 heteroatoms. The minimum absolute atomic E-state index is 0.169. The molecule has 0 saturated carbocycles. The van der Waals surface area contributed by atoms with E-state index in [-0.39, 0.29) is 17.7 Å². The quantitative estimate of drug-likeness (QED) is 0.260. The summed E-state index contributed by atoms with van der Waals surface area (Å²) in [6.45, 7) is 2.85. The van der Waals surface area contributed by atoms with Crippen molar-refractivity contribution in [2.75, 3.05) is 17.2 Å². The largest absolute Gasteiger partial charge is 0.364 e. The molecule has 5 rings (SSSR count). The third-order valence-electron chi connectivity index (χ3n) is 5.44. The molecule has 0 saturated heterocycles. The van der Waals surface area contributed by atoms with E-state index in [1.54, 1.807) is 12.4 Å². The van der Waals surface area contributed by atoms with Crippen molar-refractivity contribution in [2.24, 2.45) is 0 Å². The van der Waals surface area contributed by atoms with Gasteiger partial charge in [-0.05, 0) is 61.0 Å². The molecule has 4 heterocycles. The molecule has 0 atom stereocenters. The number of hydrogen-bond donors (Lipinski definition) is 4. The molecule has 2 amide bonds. The minimum Gasteiger partial charge on any atom is -0.364 e. The Morgan fingerprint density at radius 1 is 1.00 bits per heavy atom. The van der Waals surface area contributed by atoms with E-state index >= 15 is 0 Å². The standard InChI is InChI=1S/C26H23FN8O/c1-2-28-26(36)35-25-33-21-13-17(12-19(24(21)34-25)23-20(27)7-5-11-30-23)16-8-9-22(31-14-16)32-15-18-6-3-4-10-29-18/h3-14H,2,15H2,1H3,(H,31,32)(H3,28,33,34,35,36). The third-order valence-corrected chi connectivity index (χ3v) is 5.44. The van der Waals surface area contributed by atoms with Crippen LogP contribution >= 0.6 is 0 Å². The fourth-order valence-electron chi connectivity index (χ4n) is 3.77. The Morgan fingerprint density at radius 2 is 1.89 bits per heavy atom. The summed E-state index contributed by atoms with van der Waals surface area (Å²) in [6, 6.07) is 15.8. The first kappa shape index (κ1) is 22.9. The van der Waals surface area contributed by atoms with Crippen LogP contribution in [0.15, 0.2) is 73.2 Å². The number of hydrogen-bond acceptors (Lipinski definition) is 6. The molecule has 0 aliphatic carbocycles. The third kappa shape index (κ3) is 4.97. The lowest BCUT2D eigenvalue weighted by Gasteiger charge is -2.09. The number of amides is 2. The summed E-state index contributed by atoms with van der Waals surface area (Å²) in [5.74, 6) is 0.485. The van der Waals surface area contributed by atoms with Crippen LogP contribution in [-0.2, 0) is 6.54 Å². The van der Waals surface area contributed by atoms with Gasteiger partial charge in [-0.15, -0.1) is 0 Å². The van der Waals surface area contributed by atoms with Crippen molar-refractivity contribution in [2.45, 2.75) is 13.5 Å². The molecular weight excluding hydrogens is 459 g/mol. The smallest absolute Gasteiger partial charge is 0.321 e. The van der Waals surface area contributed by atoms with Gasteiger partial charge in [-0.3, -0.25) is 15.3 Å². The number of carbonyl (C=O) groups excluding carboxylic acids is 1. The van der Waals surface area contributed by atoms with Crippen LogP contribution in [0.25, 0.3) is 33.4 Å². The van der Waals surface area contributed by atoms with Gasteiger partial charge < -0.3 is 15.6 Å². The van der Waals surface area contributed by atoms with Crippen molar-refractivity contribution in [3.05, 3.63) is 84.7 Å². The maximum atomic E-state index is 14.7. The van der Waals surface area contributed by atoms with Crippen LogP contribution < -0.4 is 16.0 Å². The van der Waals surface area contributed by atoms with E-state index in [0.29, 0.717) is 35.5 Å². The molecule has 0 fully saturated rings. The Hall–Kier alpha value is -4.86. The molecule has 0 spiro atoms. The number of halogens is 1. The summed E-state index contributed by atoms with van der Waals surface area (Å²) in [5, 5.41) is 8.57. The highest BCUT2D eigenvalue weighted by Gasteiger charge is 2.17. The number of aromatic amines is 1. The van der Waals surface area contributed by atoms with Gasteiger partial charge in [0.15, 0.2) is 0 Å². The number of urea groups is 1. The summed E-state index contributed by atoms with van der Waals surface area (Å²) in [4.78, 5) is 32.6. The highest BCUT2D eigenvalue weighted by atomic mass is 19.1. The van der Waals surface area contributed by atoms with Gasteiger partial charge in [0.25, 0.3) is 0 Å². The number of carbonyl (C=O) groups is 1. The van der Waals surface area contributed by atoms with Crippen molar-refractivity contribution < 1.29 is 9.18 Å².